The second kappa shape index (κ2) is 9.65. The summed E-state index contributed by atoms with van der Waals surface area (Å²) in [7, 11) is 1.63. The average molecular weight is 457 g/mol. The number of amides is 2. The van der Waals surface area contributed by atoms with Crippen molar-refractivity contribution < 1.29 is 19.4 Å². The van der Waals surface area contributed by atoms with Gasteiger partial charge in [0.1, 0.15) is 5.75 Å². The van der Waals surface area contributed by atoms with Gasteiger partial charge < -0.3 is 20.5 Å². The van der Waals surface area contributed by atoms with Crippen molar-refractivity contribution in [2.45, 2.75) is 78.0 Å². The molecule has 3 fully saturated rings. The van der Waals surface area contributed by atoms with Crippen LogP contribution in [0.15, 0.2) is 24.3 Å². The van der Waals surface area contributed by atoms with Gasteiger partial charge in [0.15, 0.2) is 0 Å². The monoisotopic (exact) mass is 456 g/mol. The Balaban J connectivity index is 1.38. The minimum Gasteiger partial charge on any atom is -0.497 e. The molecule has 6 heteroatoms. The first-order chi connectivity index (χ1) is 15.7. The molecule has 0 heterocycles. The Labute approximate surface area is 197 Å². The molecule has 3 aliphatic carbocycles. The van der Waals surface area contributed by atoms with Crippen molar-refractivity contribution in [3.8, 4) is 5.75 Å². The fraction of sp³-hybridized carbons (Fsp3) is 0.704. The van der Waals surface area contributed by atoms with Gasteiger partial charge in [0, 0.05) is 24.4 Å². The number of nitrogens with one attached hydrogen (secondary N) is 2. The number of carbonyl (C=O) groups excluding carboxylic acids is 2. The van der Waals surface area contributed by atoms with Crippen LogP contribution in [0.25, 0.3) is 0 Å². The van der Waals surface area contributed by atoms with E-state index in [2.05, 4.69) is 24.5 Å². The quantitative estimate of drug-likeness (QED) is 0.584. The Kier molecular flexibility index (Phi) is 7.04. The maximum atomic E-state index is 13.0. The molecular weight excluding hydrogens is 416 g/mol. The van der Waals surface area contributed by atoms with E-state index in [4.69, 9.17) is 4.74 Å². The summed E-state index contributed by atoms with van der Waals surface area (Å²) < 4.78 is 5.19. The molecule has 0 unspecified atom stereocenters. The van der Waals surface area contributed by atoms with E-state index in [1.54, 1.807) is 7.11 Å². The Hall–Kier alpha value is -2.08. The number of aliphatic hydroxyl groups excluding tert-OH is 1. The highest BCUT2D eigenvalue weighted by molar-refractivity contribution is 5.81. The van der Waals surface area contributed by atoms with Crippen LogP contribution in [-0.2, 0) is 16.1 Å². The Bertz CT molecular complexity index is 852. The molecule has 2 amide bonds. The van der Waals surface area contributed by atoms with Gasteiger partial charge in [-0.25, -0.2) is 0 Å². The molecule has 0 aliphatic heterocycles. The van der Waals surface area contributed by atoms with Crippen LogP contribution in [0.1, 0.15) is 64.9 Å². The Morgan fingerprint density at radius 2 is 1.82 bits per heavy atom. The molecule has 3 saturated carbocycles. The van der Waals surface area contributed by atoms with Crippen molar-refractivity contribution in [1.29, 1.82) is 0 Å². The third-order valence-corrected chi connectivity index (χ3v) is 8.85. The molecule has 0 aromatic heterocycles. The van der Waals surface area contributed by atoms with Gasteiger partial charge in [-0.1, -0.05) is 32.9 Å². The standard InChI is InChI=1S/C27H40N2O4/c1-16(25(31)28-15-18-5-9-20(33-4)10-6-18)21-11-13-27(3)14-12-22(17(2)23(27)24(21)30)29-26(32)19-7-8-19/h5-6,9-10,16-17,19,21-24,30H,7-8,11-15H2,1-4H3,(H,28,31)(H,29,32)/t16-,17+,21+,22-,23+,24-,27-/m0/s1. The van der Waals surface area contributed by atoms with E-state index in [-0.39, 0.29) is 52.9 Å². The number of methoxy groups -OCH3 is 1. The van der Waals surface area contributed by atoms with Crippen LogP contribution in [0, 0.1) is 35.0 Å². The van der Waals surface area contributed by atoms with E-state index in [0.29, 0.717) is 6.54 Å². The minimum absolute atomic E-state index is 0.0134. The maximum absolute atomic E-state index is 13.0. The number of carbonyl (C=O) groups is 2. The number of fused-ring (bicyclic) bond motifs is 1. The molecule has 0 saturated heterocycles. The number of rotatable bonds is 7. The lowest BCUT2D eigenvalue weighted by Gasteiger charge is -2.56. The van der Waals surface area contributed by atoms with Gasteiger partial charge in [-0.05, 0) is 79.4 Å². The van der Waals surface area contributed by atoms with Crippen molar-refractivity contribution in [1.82, 2.24) is 10.6 Å². The molecular formula is C27H40N2O4. The van der Waals surface area contributed by atoms with E-state index >= 15 is 0 Å². The van der Waals surface area contributed by atoms with E-state index < -0.39 is 6.10 Å². The predicted octanol–water partition coefficient (Wildman–Crippen LogP) is 3.67. The molecule has 33 heavy (non-hydrogen) atoms. The zero-order chi connectivity index (χ0) is 23.8. The number of hydrogen-bond acceptors (Lipinski definition) is 4. The van der Waals surface area contributed by atoms with Crippen LogP contribution in [-0.4, -0.2) is 36.2 Å². The van der Waals surface area contributed by atoms with Gasteiger partial charge in [-0.2, -0.15) is 0 Å². The number of ether oxygens (including phenoxy) is 1. The molecule has 0 radical (unpaired) electrons. The normalized spacial score (nSPS) is 34.6. The molecule has 0 bridgehead atoms. The number of aliphatic hydroxyl groups is 1. The summed E-state index contributed by atoms with van der Waals surface area (Å²) in [6.07, 6.45) is 5.33. The molecule has 1 aromatic rings. The lowest BCUT2D eigenvalue weighted by molar-refractivity contribution is -0.144. The summed E-state index contributed by atoms with van der Waals surface area (Å²) in [5.74, 6) is 1.11. The van der Waals surface area contributed by atoms with Crippen molar-refractivity contribution in [3.05, 3.63) is 29.8 Å². The van der Waals surface area contributed by atoms with Crippen molar-refractivity contribution in [2.75, 3.05) is 7.11 Å². The summed E-state index contributed by atoms with van der Waals surface area (Å²) in [5, 5.41) is 17.9. The number of benzene rings is 1. The first-order valence-electron chi connectivity index (χ1n) is 12.6. The number of hydrogen-bond donors (Lipinski definition) is 3. The van der Waals surface area contributed by atoms with E-state index in [1.165, 1.54) is 0 Å². The van der Waals surface area contributed by atoms with Crippen LogP contribution in [0.5, 0.6) is 5.75 Å². The highest BCUT2D eigenvalue weighted by atomic mass is 16.5. The minimum atomic E-state index is -0.541. The van der Waals surface area contributed by atoms with Crippen LogP contribution in [0.2, 0.25) is 0 Å². The second-order valence-corrected chi connectivity index (χ2v) is 11.0. The largest absolute Gasteiger partial charge is 0.497 e. The highest BCUT2D eigenvalue weighted by Gasteiger charge is 2.54. The van der Waals surface area contributed by atoms with Crippen LogP contribution >= 0.6 is 0 Å². The summed E-state index contributed by atoms with van der Waals surface area (Å²) in [6.45, 7) is 6.88. The molecule has 3 aliphatic rings. The predicted molar refractivity (Wildman–Crippen MR) is 127 cm³/mol. The van der Waals surface area contributed by atoms with Crippen molar-refractivity contribution >= 4 is 11.8 Å². The average Bonchev–Trinajstić information content (AvgIpc) is 3.65. The van der Waals surface area contributed by atoms with Gasteiger partial charge in [0.25, 0.3) is 0 Å². The Morgan fingerprint density at radius 1 is 1.15 bits per heavy atom. The summed E-state index contributed by atoms with van der Waals surface area (Å²) in [6, 6.07) is 7.79. The van der Waals surface area contributed by atoms with E-state index in [9.17, 15) is 14.7 Å². The molecule has 3 N–H and O–H groups in total. The first-order valence-corrected chi connectivity index (χ1v) is 12.6. The highest BCUT2D eigenvalue weighted by Crippen LogP contribution is 2.55. The molecule has 7 atom stereocenters. The molecule has 4 rings (SSSR count). The smallest absolute Gasteiger partial charge is 0.223 e. The van der Waals surface area contributed by atoms with E-state index in [1.807, 2.05) is 31.2 Å². The molecule has 182 valence electrons. The third kappa shape index (κ3) is 5.06. The lowest BCUT2D eigenvalue weighted by Crippen LogP contribution is -2.58. The second-order valence-electron chi connectivity index (χ2n) is 11.0. The van der Waals surface area contributed by atoms with Gasteiger partial charge in [-0.15, -0.1) is 0 Å². The molecule has 0 spiro atoms. The van der Waals surface area contributed by atoms with Gasteiger partial charge in [0.05, 0.1) is 13.2 Å². The van der Waals surface area contributed by atoms with Crippen LogP contribution in [0.3, 0.4) is 0 Å². The summed E-state index contributed by atoms with van der Waals surface area (Å²) in [4.78, 5) is 25.4. The third-order valence-electron chi connectivity index (χ3n) is 8.85. The van der Waals surface area contributed by atoms with Crippen molar-refractivity contribution in [2.24, 2.45) is 35.0 Å². The zero-order valence-corrected chi connectivity index (χ0v) is 20.5. The van der Waals surface area contributed by atoms with Gasteiger partial charge in [0.2, 0.25) is 11.8 Å². The van der Waals surface area contributed by atoms with E-state index in [0.717, 1.165) is 49.8 Å². The SMILES string of the molecule is COc1ccc(CNC(=O)[C@@H](C)[C@H]2CC[C@@]3(C)CC[C@H](NC(=O)C4CC4)[C@@H](C)[C@@H]3[C@H]2O)cc1. The lowest BCUT2D eigenvalue weighted by atomic mass is 9.51. The Morgan fingerprint density at radius 3 is 2.45 bits per heavy atom. The van der Waals surface area contributed by atoms with Gasteiger partial charge in [-0.3, -0.25) is 9.59 Å². The van der Waals surface area contributed by atoms with Crippen molar-refractivity contribution in [3.63, 3.8) is 0 Å². The summed E-state index contributed by atoms with van der Waals surface area (Å²) >= 11 is 0. The van der Waals surface area contributed by atoms with Crippen LogP contribution in [0.4, 0.5) is 0 Å². The molecule has 1 aromatic carbocycles. The maximum Gasteiger partial charge on any atom is 0.223 e. The van der Waals surface area contributed by atoms with Gasteiger partial charge >= 0.3 is 0 Å². The fourth-order valence-electron chi connectivity index (χ4n) is 6.43. The van der Waals surface area contributed by atoms with Crippen LogP contribution < -0.4 is 15.4 Å². The fourth-order valence-corrected chi connectivity index (χ4v) is 6.43. The zero-order valence-electron chi connectivity index (χ0n) is 20.5. The topological polar surface area (TPSA) is 87.7 Å². The first kappa shape index (κ1) is 24.1. The molecule has 6 nitrogen and oxygen atoms in total. The summed E-state index contributed by atoms with van der Waals surface area (Å²) in [5.41, 5.74) is 1.08.